The molecule has 0 spiro atoms. The predicted octanol–water partition coefficient (Wildman–Crippen LogP) is 6.33. The minimum absolute atomic E-state index is 0.170. The minimum atomic E-state index is -0.197. The first kappa shape index (κ1) is 18.6. The molecule has 4 nitrogen and oxygen atoms in total. The lowest BCUT2D eigenvalue weighted by Crippen LogP contribution is -2.34. The highest BCUT2D eigenvalue weighted by Crippen LogP contribution is 2.35. The van der Waals surface area contributed by atoms with Crippen LogP contribution in [0.5, 0.6) is 0 Å². The number of carbonyl (C=O) groups excluding carboxylic acids is 2. The Balaban J connectivity index is 1.48. The Labute approximate surface area is 171 Å². The molecule has 0 unspecified atom stereocenters. The summed E-state index contributed by atoms with van der Waals surface area (Å²) >= 11 is 4.42. The van der Waals surface area contributed by atoms with Gasteiger partial charge in [-0.05, 0) is 54.8 Å². The number of thioether (sulfide) groups is 1. The van der Waals surface area contributed by atoms with Gasteiger partial charge in [0.1, 0.15) is 11.5 Å². The van der Waals surface area contributed by atoms with Gasteiger partial charge < -0.3 is 4.42 Å². The van der Waals surface area contributed by atoms with Gasteiger partial charge in [0.2, 0.25) is 0 Å². The third kappa shape index (κ3) is 4.22. The van der Waals surface area contributed by atoms with Crippen molar-refractivity contribution in [1.82, 2.24) is 4.90 Å². The highest BCUT2D eigenvalue weighted by atomic mass is 79.9. The van der Waals surface area contributed by atoms with Crippen LogP contribution in [0.25, 0.3) is 17.4 Å². The maximum atomic E-state index is 12.7. The molecule has 1 aromatic carbocycles. The zero-order chi connectivity index (χ0) is 18.8. The van der Waals surface area contributed by atoms with Crippen LogP contribution in [0.4, 0.5) is 4.79 Å². The molecule has 1 aromatic heterocycles. The Morgan fingerprint density at radius 3 is 2.56 bits per heavy atom. The molecule has 4 rings (SSSR count). The number of benzene rings is 1. The summed E-state index contributed by atoms with van der Waals surface area (Å²) < 4.78 is 6.86. The monoisotopic (exact) mass is 445 g/mol. The third-order valence-corrected chi connectivity index (χ3v) is 6.50. The molecule has 0 radical (unpaired) electrons. The van der Waals surface area contributed by atoms with Crippen molar-refractivity contribution < 1.29 is 14.0 Å². The van der Waals surface area contributed by atoms with E-state index in [1.165, 1.54) is 24.2 Å². The number of halogens is 1. The number of hydrogen-bond acceptors (Lipinski definition) is 4. The van der Waals surface area contributed by atoms with E-state index in [1.807, 2.05) is 36.4 Å². The van der Waals surface area contributed by atoms with Crippen molar-refractivity contribution in [2.24, 2.45) is 5.92 Å². The number of hydrogen-bond donors (Lipinski definition) is 0. The molecule has 6 heteroatoms. The van der Waals surface area contributed by atoms with Crippen LogP contribution < -0.4 is 0 Å². The second-order valence-corrected chi connectivity index (χ2v) is 8.91. The van der Waals surface area contributed by atoms with E-state index >= 15 is 0 Å². The molecule has 27 heavy (non-hydrogen) atoms. The number of nitrogens with zero attached hydrogens (tertiary/aromatic N) is 1. The second-order valence-electron chi connectivity index (χ2n) is 7.01. The fraction of sp³-hybridized carbons (Fsp3) is 0.333. The number of furan rings is 1. The van der Waals surface area contributed by atoms with Crippen LogP contribution in [0.2, 0.25) is 0 Å². The average molecular weight is 446 g/mol. The lowest BCUT2D eigenvalue weighted by atomic mass is 9.89. The van der Waals surface area contributed by atoms with Gasteiger partial charge in [0.25, 0.3) is 11.1 Å². The van der Waals surface area contributed by atoms with Crippen molar-refractivity contribution in [1.29, 1.82) is 0 Å². The summed E-state index contributed by atoms with van der Waals surface area (Å²) in [5.41, 5.74) is 0.961. The fourth-order valence-corrected chi connectivity index (χ4v) is 4.71. The Kier molecular flexibility index (Phi) is 5.55. The predicted molar refractivity (Wildman–Crippen MR) is 111 cm³/mol. The van der Waals surface area contributed by atoms with E-state index in [0.717, 1.165) is 40.4 Å². The summed E-state index contributed by atoms with van der Waals surface area (Å²) in [6.07, 6.45) is 7.54. The largest absolute Gasteiger partial charge is 0.457 e. The summed E-state index contributed by atoms with van der Waals surface area (Å²) in [5, 5.41) is -0.170. The van der Waals surface area contributed by atoms with E-state index in [1.54, 1.807) is 6.08 Å². The molecule has 1 saturated carbocycles. The summed E-state index contributed by atoms with van der Waals surface area (Å²) in [6.45, 7) is 0.546. The Bertz CT molecular complexity index is 881. The fourth-order valence-electron chi connectivity index (χ4n) is 3.61. The van der Waals surface area contributed by atoms with Crippen molar-refractivity contribution in [3.8, 4) is 11.3 Å². The molecule has 1 saturated heterocycles. The van der Waals surface area contributed by atoms with Gasteiger partial charge in [0.15, 0.2) is 0 Å². The maximum absolute atomic E-state index is 12.7. The molecule has 2 aliphatic rings. The Morgan fingerprint density at radius 1 is 1.07 bits per heavy atom. The van der Waals surface area contributed by atoms with E-state index in [9.17, 15) is 9.59 Å². The first-order chi connectivity index (χ1) is 13.1. The van der Waals surface area contributed by atoms with E-state index in [2.05, 4.69) is 15.9 Å². The first-order valence-electron chi connectivity index (χ1n) is 9.21. The van der Waals surface area contributed by atoms with Crippen LogP contribution in [-0.4, -0.2) is 22.6 Å². The van der Waals surface area contributed by atoms with Crippen LogP contribution in [-0.2, 0) is 4.79 Å². The standard InChI is InChI=1S/C21H20BrNO3S/c22-16-8-6-15(7-9-16)18-11-10-17(26-18)12-19-20(24)23(21(25)27-19)13-14-4-2-1-3-5-14/h6-12,14H,1-5,13H2/b19-12-. The lowest BCUT2D eigenvalue weighted by molar-refractivity contribution is -0.123. The summed E-state index contributed by atoms with van der Waals surface area (Å²) in [6, 6.07) is 11.5. The minimum Gasteiger partial charge on any atom is -0.457 e. The van der Waals surface area contributed by atoms with Gasteiger partial charge in [0.05, 0.1) is 4.91 Å². The molecule has 140 valence electrons. The highest BCUT2D eigenvalue weighted by Gasteiger charge is 2.36. The lowest BCUT2D eigenvalue weighted by Gasteiger charge is -2.25. The number of rotatable bonds is 4. The Morgan fingerprint density at radius 2 is 1.81 bits per heavy atom. The van der Waals surface area contributed by atoms with Crippen molar-refractivity contribution in [3.05, 3.63) is 51.5 Å². The molecule has 1 aliphatic heterocycles. The Hall–Kier alpha value is -1.79. The zero-order valence-electron chi connectivity index (χ0n) is 14.8. The molecular weight excluding hydrogens is 426 g/mol. The molecule has 2 aromatic rings. The van der Waals surface area contributed by atoms with Gasteiger partial charge in [-0.2, -0.15) is 0 Å². The van der Waals surface area contributed by atoms with Crippen LogP contribution in [0, 0.1) is 5.92 Å². The SMILES string of the molecule is O=C1S/C(=C\c2ccc(-c3ccc(Br)cc3)o2)C(=O)N1CC1CCCCC1. The zero-order valence-corrected chi connectivity index (χ0v) is 17.2. The molecule has 0 N–H and O–H groups in total. The van der Waals surface area contributed by atoms with Gasteiger partial charge in [0, 0.05) is 22.7 Å². The van der Waals surface area contributed by atoms with Gasteiger partial charge in [-0.1, -0.05) is 47.3 Å². The highest BCUT2D eigenvalue weighted by molar-refractivity contribution is 9.10. The first-order valence-corrected chi connectivity index (χ1v) is 10.8. The van der Waals surface area contributed by atoms with Crippen molar-refractivity contribution in [3.63, 3.8) is 0 Å². The van der Waals surface area contributed by atoms with Gasteiger partial charge >= 0.3 is 0 Å². The van der Waals surface area contributed by atoms with E-state index < -0.39 is 0 Å². The van der Waals surface area contributed by atoms with E-state index in [0.29, 0.717) is 23.1 Å². The van der Waals surface area contributed by atoms with Crippen LogP contribution >= 0.6 is 27.7 Å². The second kappa shape index (κ2) is 8.07. The molecule has 0 atom stereocenters. The van der Waals surface area contributed by atoms with E-state index in [-0.39, 0.29) is 11.1 Å². The average Bonchev–Trinajstić information content (AvgIpc) is 3.24. The van der Waals surface area contributed by atoms with Crippen LogP contribution in [0.15, 0.2) is 50.2 Å². The third-order valence-electron chi connectivity index (χ3n) is 5.07. The molecule has 2 amide bonds. The van der Waals surface area contributed by atoms with Gasteiger partial charge in [-0.15, -0.1) is 0 Å². The quantitative estimate of drug-likeness (QED) is 0.516. The number of imide groups is 1. The summed E-state index contributed by atoms with van der Waals surface area (Å²) in [5.74, 6) is 1.56. The smallest absolute Gasteiger partial charge is 0.293 e. The van der Waals surface area contributed by atoms with Crippen LogP contribution in [0.3, 0.4) is 0 Å². The van der Waals surface area contributed by atoms with Crippen molar-refractivity contribution in [2.75, 3.05) is 6.54 Å². The molecule has 2 heterocycles. The topological polar surface area (TPSA) is 50.5 Å². The van der Waals surface area contributed by atoms with Crippen molar-refractivity contribution >= 4 is 44.9 Å². The molecule has 0 bridgehead atoms. The molecule has 2 fully saturated rings. The van der Waals surface area contributed by atoms with Gasteiger partial charge in [-0.3, -0.25) is 14.5 Å². The summed E-state index contributed by atoms with van der Waals surface area (Å²) in [4.78, 5) is 26.8. The maximum Gasteiger partial charge on any atom is 0.293 e. The molecular formula is C21H20BrNO3S. The van der Waals surface area contributed by atoms with Crippen LogP contribution in [0.1, 0.15) is 37.9 Å². The normalized spacial score (nSPS) is 20.0. The number of carbonyl (C=O) groups is 2. The van der Waals surface area contributed by atoms with Crippen molar-refractivity contribution in [2.45, 2.75) is 32.1 Å². The summed E-state index contributed by atoms with van der Waals surface area (Å²) in [7, 11) is 0. The molecule has 1 aliphatic carbocycles. The van der Waals surface area contributed by atoms with Gasteiger partial charge in [-0.25, -0.2) is 0 Å². The van der Waals surface area contributed by atoms with E-state index in [4.69, 9.17) is 4.42 Å². The number of amides is 2.